The molecule has 4 rings (SSSR count). The minimum Gasteiger partial charge on any atom is -0.466 e. The highest BCUT2D eigenvalue weighted by Gasteiger charge is 2.20. The molecule has 10 nitrogen and oxygen atoms in total. The third-order valence-corrected chi connectivity index (χ3v) is 7.20. The molecule has 1 saturated heterocycles. The molecular weight excluding hydrogens is 570 g/mol. The molecule has 4 N–H and O–H groups in total. The van der Waals surface area contributed by atoms with Crippen molar-refractivity contribution in [3.8, 4) is 0 Å². The molecule has 1 heterocycles. The number of rotatable bonds is 9. The van der Waals surface area contributed by atoms with Gasteiger partial charge in [-0.3, -0.25) is 25.2 Å². The van der Waals surface area contributed by atoms with E-state index in [4.69, 9.17) is 0 Å². The zero-order valence-electron chi connectivity index (χ0n) is 26.5. The van der Waals surface area contributed by atoms with Gasteiger partial charge >= 0.3 is 5.97 Å². The van der Waals surface area contributed by atoms with E-state index in [1.54, 1.807) is 0 Å². The van der Waals surface area contributed by atoms with Crippen LogP contribution >= 0.6 is 0 Å². The van der Waals surface area contributed by atoms with Crippen LogP contribution in [0.4, 0.5) is 5.69 Å². The number of carbonyl (C=O) groups excluding carboxylic acids is 4. The van der Waals surface area contributed by atoms with E-state index < -0.39 is 17.8 Å². The van der Waals surface area contributed by atoms with Crippen molar-refractivity contribution in [2.75, 3.05) is 38.2 Å². The number of ether oxygens (including phenoxy) is 1. The molecule has 0 aliphatic carbocycles. The van der Waals surface area contributed by atoms with Gasteiger partial charge in [-0.05, 0) is 60.3 Å². The van der Waals surface area contributed by atoms with Crippen LogP contribution in [-0.2, 0) is 25.5 Å². The molecule has 1 unspecified atom stereocenters. The fraction of sp³-hybridized carbons (Fsp3) is 0.343. The summed E-state index contributed by atoms with van der Waals surface area (Å²) in [5.74, 6) is -2.01. The van der Waals surface area contributed by atoms with Crippen LogP contribution < -0.4 is 26.4 Å². The first kappa shape index (κ1) is 34.7. The Balaban J connectivity index is 0.00000177. The van der Waals surface area contributed by atoms with E-state index >= 15 is 0 Å². The van der Waals surface area contributed by atoms with Crippen molar-refractivity contribution in [2.45, 2.75) is 46.1 Å². The van der Waals surface area contributed by atoms with Crippen molar-refractivity contribution in [3.05, 3.63) is 95.9 Å². The van der Waals surface area contributed by atoms with Crippen LogP contribution in [0.25, 0.3) is 10.8 Å². The third kappa shape index (κ3) is 10.7. The van der Waals surface area contributed by atoms with Crippen LogP contribution in [0.1, 0.15) is 61.1 Å². The van der Waals surface area contributed by atoms with Crippen molar-refractivity contribution in [1.82, 2.24) is 21.5 Å². The molecule has 1 fully saturated rings. The summed E-state index contributed by atoms with van der Waals surface area (Å²) in [6.07, 6.45) is 5.23. The summed E-state index contributed by atoms with van der Waals surface area (Å²) >= 11 is 0. The van der Waals surface area contributed by atoms with Gasteiger partial charge in [-0.15, -0.1) is 0 Å². The van der Waals surface area contributed by atoms with Crippen LogP contribution in [-0.4, -0.2) is 57.0 Å². The van der Waals surface area contributed by atoms with E-state index in [0.29, 0.717) is 5.56 Å². The summed E-state index contributed by atoms with van der Waals surface area (Å²) in [4.78, 5) is 51.4. The number of anilines is 1. The highest BCUT2D eigenvalue weighted by molar-refractivity contribution is 5.98. The van der Waals surface area contributed by atoms with Gasteiger partial charge in [-0.1, -0.05) is 48.5 Å². The highest BCUT2D eigenvalue weighted by Crippen LogP contribution is 2.26. The van der Waals surface area contributed by atoms with Gasteiger partial charge in [0.1, 0.15) is 0 Å². The summed E-state index contributed by atoms with van der Waals surface area (Å²) < 4.78 is 4.43. The van der Waals surface area contributed by atoms with Gasteiger partial charge in [-0.25, -0.2) is 4.79 Å². The van der Waals surface area contributed by atoms with Crippen molar-refractivity contribution >= 4 is 40.2 Å². The number of aryl methyl sites for hydroxylation is 1. The average molecular weight is 615 g/mol. The number of carbonyl (C=O) groups is 4. The molecule has 3 aromatic rings. The number of hydrazine groups is 1. The topological polar surface area (TPSA) is 129 Å². The lowest BCUT2D eigenvalue weighted by atomic mass is 9.98. The Morgan fingerprint density at radius 1 is 0.978 bits per heavy atom. The number of nitrogens with one attached hydrogen (secondary N) is 4. The average Bonchev–Trinajstić information content (AvgIpc) is 3.35. The normalized spacial score (nSPS) is 13.6. The van der Waals surface area contributed by atoms with Gasteiger partial charge in [0.2, 0.25) is 5.91 Å². The highest BCUT2D eigenvalue weighted by atomic mass is 16.5. The largest absolute Gasteiger partial charge is 0.466 e. The van der Waals surface area contributed by atoms with Crippen LogP contribution in [0.5, 0.6) is 0 Å². The Morgan fingerprint density at radius 3 is 2.51 bits per heavy atom. The molecule has 3 aromatic carbocycles. The van der Waals surface area contributed by atoms with Crippen molar-refractivity contribution in [3.63, 3.8) is 0 Å². The maximum atomic E-state index is 13.8. The number of hydrogen-bond donors (Lipinski definition) is 4. The SMILES string of the molecule is COC(=O)/C=C/C(=O)NNC(=O)CCc1ccc(N2CCCNCC2)cc1C(=O)NC(C)c1cccc2ccccc12.C[CH+]C. The third-order valence-electron chi connectivity index (χ3n) is 7.20. The Hall–Kier alpha value is -4.83. The molecule has 0 spiro atoms. The lowest BCUT2D eigenvalue weighted by Gasteiger charge is -2.24. The standard InChI is InChI=1S/C32H37N5O5.C3H7/c1-22(26-10-5-8-23-7-3-4-9-27(23)26)34-32(41)28-21-25(37-19-6-17-33-18-20-37)13-11-24(28)12-14-29(38)35-36-30(39)15-16-31(40)42-2;1-3-2/h3-5,7-11,13,15-16,21-22,33H,6,12,14,17-20H2,1-2H3,(H,34,41)(H,35,38)(H,36,39);3H,1-2H3/q;+1/b16-15+;. The van der Waals surface area contributed by atoms with Gasteiger partial charge < -0.3 is 20.3 Å². The fourth-order valence-electron chi connectivity index (χ4n) is 4.97. The van der Waals surface area contributed by atoms with Crippen LogP contribution in [0.3, 0.4) is 0 Å². The Bertz CT molecular complexity index is 1480. The van der Waals surface area contributed by atoms with E-state index in [1.807, 2.05) is 81.8 Å². The quantitative estimate of drug-likeness (QED) is 0.123. The molecule has 3 amide bonds. The molecule has 1 atom stereocenters. The van der Waals surface area contributed by atoms with Crippen molar-refractivity contribution in [2.24, 2.45) is 0 Å². The maximum Gasteiger partial charge on any atom is 0.330 e. The molecule has 238 valence electrons. The van der Waals surface area contributed by atoms with E-state index in [-0.39, 0.29) is 24.8 Å². The summed E-state index contributed by atoms with van der Waals surface area (Å²) in [5.41, 5.74) is 7.77. The number of hydrogen-bond acceptors (Lipinski definition) is 7. The van der Waals surface area contributed by atoms with E-state index in [0.717, 1.165) is 72.3 Å². The molecule has 0 saturated carbocycles. The van der Waals surface area contributed by atoms with Crippen LogP contribution in [0, 0.1) is 6.42 Å². The second kappa shape index (κ2) is 18.1. The van der Waals surface area contributed by atoms with Gasteiger partial charge in [-0.2, -0.15) is 0 Å². The molecule has 1 aliphatic heterocycles. The minimum atomic E-state index is -0.683. The Kier molecular flexibility index (Phi) is 13.9. The molecule has 0 bridgehead atoms. The monoisotopic (exact) mass is 614 g/mol. The van der Waals surface area contributed by atoms with E-state index in [1.165, 1.54) is 7.11 Å². The second-order valence-corrected chi connectivity index (χ2v) is 10.7. The number of amides is 3. The molecule has 1 aliphatic rings. The molecule has 45 heavy (non-hydrogen) atoms. The van der Waals surface area contributed by atoms with Gasteiger partial charge in [0, 0.05) is 49.5 Å². The van der Waals surface area contributed by atoms with E-state index in [2.05, 4.69) is 37.2 Å². The summed E-state index contributed by atoms with van der Waals surface area (Å²) in [6, 6.07) is 19.7. The molecule has 0 aromatic heterocycles. The first-order valence-corrected chi connectivity index (χ1v) is 15.2. The van der Waals surface area contributed by atoms with Gasteiger partial charge in [0.15, 0.2) is 0 Å². The zero-order chi connectivity index (χ0) is 32.6. The lowest BCUT2D eigenvalue weighted by molar-refractivity contribution is -0.135. The number of esters is 1. The minimum absolute atomic E-state index is 0.0349. The van der Waals surface area contributed by atoms with Crippen LogP contribution in [0.2, 0.25) is 0 Å². The maximum absolute atomic E-state index is 13.8. The first-order valence-electron chi connectivity index (χ1n) is 15.2. The van der Waals surface area contributed by atoms with Gasteiger partial charge in [0.25, 0.3) is 11.8 Å². The first-order chi connectivity index (χ1) is 21.8. The fourth-order valence-corrected chi connectivity index (χ4v) is 4.97. The smallest absolute Gasteiger partial charge is 0.330 e. The second-order valence-electron chi connectivity index (χ2n) is 10.7. The number of benzene rings is 3. The van der Waals surface area contributed by atoms with Crippen LogP contribution in [0.15, 0.2) is 72.8 Å². The zero-order valence-corrected chi connectivity index (χ0v) is 26.5. The summed E-state index contributed by atoms with van der Waals surface area (Å²) in [7, 11) is 1.20. The van der Waals surface area contributed by atoms with Crippen molar-refractivity contribution in [1.29, 1.82) is 0 Å². The number of nitrogens with zero attached hydrogens (tertiary/aromatic N) is 1. The molecular formula is C35H44N5O5+. The number of fused-ring (bicyclic) bond motifs is 1. The summed E-state index contributed by atoms with van der Waals surface area (Å²) in [6.45, 7) is 9.50. The van der Waals surface area contributed by atoms with Crippen molar-refractivity contribution < 1.29 is 23.9 Å². The summed E-state index contributed by atoms with van der Waals surface area (Å²) in [5, 5.41) is 8.76. The molecule has 0 radical (unpaired) electrons. The Morgan fingerprint density at radius 2 is 1.73 bits per heavy atom. The predicted molar refractivity (Wildman–Crippen MR) is 177 cm³/mol. The lowest BCUT2D eigenvalue weighted by Crippen LogP contribution is -2.41. The van der Waals surface area contributed by atoms with Gasteiger partial charge in [0.05, 0.1) is 33.4 Å². The van der Waals surface area contributed by atoms with E-state index in [9.17, 15) is 19.2 Å². The Labute approximate surface area is 265 Å². The number of methoxy groups -OCH3 is 1. The predicted octanol–water partition coefficient (Wildman–Crippen LogP) is 4.17. The molecule has 10 heteroatoms.